The largest absolute Gasteiger partial charge is 0.394 e. The molecule has 0 aromatic rings. The number of aliphatic hydroxyl groups excluding tert-OH is 1. The molecule has 0 saturated heterocycles. The van der Waals surface area contributed by atoms with Crippen molar-refractivity contribution < 1.29 is 43.0 Å². The Morgan fingerprint density at radius 2 is 0.299 bits per heavy atom. The van der Waals surface area contributed by atoms with E-state index in [0.29, 0.717) is 99.1 Å². The summed E-state index contributed by atoms with van der Waals surface area (Å²) >= 11 is 0. The predicted octanol–water partition coefficient (Wildman–Crippen LogP) is 15.7. The van der Waals surface area contributed by atoms with Crippen LogP contribution in [0.25, 0.3) is 0 Å². The number of hydrogen-bond acceptors (Lipinski definition) is 9. The monoisotopic (exact) mass is 959 g/mol. The van der Waals surface area contributed by atoms with Gasteiger partial charge in [0.1, 0.15) is 0 Å². The Morgan fingerprint density at radius 1 is 0.164 bits per heavy atom. The molecule has 9 nitrogen and oxygen atoms in total. The van der Waals surface area contributed by atoms with Crippen LogP contribution < -0.4 is 0 Å². The van der Waals surface area contributed by atoms with Crippen molar-refractivity contribution in [2.45, 2.75) is 264 Å². The molecule has 0 radical (unpaired) electrons. The molecule has 0 rings (SSSR count). The molecular formula is C58H118O9. The molecule has 0 saturated carbocycles. The van der Waals surface area contributed by atoms with Gasteiger partial charge in [-0.1, -0.05) is 257 Å². The molecule has 0 aliphatic heterocycles. The van der Waals surface area contributed by atoms with Crippen molar-refractivity contribution in [2.24, 2.45) is 0 Å². The van der Waals surface area contributed by atoms with Gasteiger partial charge in [0.15, 0.2) is 0 Å². The van der Waals surface area contributed by atoms with Crippen molar-refractivity contribution in [3.63, 3.8) is 0 Å². The minimum absolute atomic E-state index is 0.0355. The average Bonchev–Trinajstić information content (AvgIpc) is 3.34. The van der Waals surface area contributed by atoms with Crippen LogP contribution in [-0.2, 0) is 37.9 Å². The Kier molecular flexibility index (Phi) is 65.3. The molecule has 0 amide bonds. The highest BCUT2D eigenvalue weighted by Gasteiger charge is 2.00. The molecule has 9 heteroatoms. The highest BCUT2D eigenvalue weighted by atomic mass is 16.6. The average molecular weight is 960 g/mol. The summed E-state index contributed by atoms with van der Waals surface area (Å²) in [6, 6.07) is 0. The zero-order valence-corrected chi connectivity index (χ0v) is 45.0. The Hall–Kier alpha value is -0.360. The van der Waals surface area contributed by atoms with E-state index >= 15 is 0 Å². The Bertz CT molecular complexity index is 757. The minimum atomic E-state index is 0.0355. The quantitative estimate of drug-likeness (QED) is 0.0598. The van der Waals surface area contributed by atoms with Crippen LogP contribution in [0.1, 0.15) is 264 Å². The highest BCUT2D eigenvalue weighted by Crippen LogP contribution is 2.18. The van der Waals surface area contributed by atoms with Gasteiger partial charge in [0.2, 0.25) is 0 Å². The van der Waals surface area contributed by atoms with Gasteiger partial charge in [-0.3, -0.25) is 0 Å². The molecule has 0 fully saturated rings. The van der Waals surface area contributed by atoms with Crippen LogP contribution in [0.2, 0.25) is 0 Å². The van der Waals surface area contributed by atoms with Crippen LogP contribution in [0.15, 0.2) is 0 Å². The predicted molar refractivity (Wildman–Crippen MR) is 284 cm³/mol. The van der Waals surface area contributed by atoms with Gasteiger partial charge in [-0.15, -0.1) is 0 Å². The third-order valence-electron chi connectivity index (χ3n) is 13.0. The summed E-state index contributed by atoms with van der Waals surface area (Å²) in [5, 5.41) is 8.62. The molecule has 0 aromatic carbocycles. The SMILES string of the molecule is CCCCCCCCCCCCCCCCCCCCCCCCCCCCCCCCCCCCCCCCCCOCCOCCOCCOCCOCCOCCOCCOCCO. The molecule has 0 unspecified atom stereocenters. The van der Waals surface area contributed by atoms with Crippen LogP contribution in [0, 0.1) is 0 Å². The van der Waals surface area contributed by atoms with Gasteiger partial charge in [0, 0.05) is 6.61 Å². The summed E-state index contributed by atoms with van der Waals surface area (Å²) in [7, 11) is 0. The molecular weight excluding hydrogens is 841 g/mol. The van der Waals surface area contributed by atoms with E-state index in [1.165, 1.54) is 250 Å². The lowest BCUT2D eigenvalue weighted by Crippen LogP contribution is -2.15. The van der Waals surface area contributed by atoms with E-state index in [9.17, 15) is 0 Å². The van der Waals surface area contributed by atoms with E-state index in [-0.39, 0.29) is 6.61 Å². The number of aliphatic hydroxyl groups is 1. The number of rotatable bonds is 64. The number of ether oxygens (including phenoxy) is 8. The van der Waals surface area contributed by atoms with Gasteiger partial charge in [0.05, 0.1) is 106 Å². The van der Waals surface area contributed by atoms with Crippen LogP contribution in [0.5, 0.6) is 0 Å². The Morgan fingerprint density at radius 3 is 0.463 bits per heavy atom. The summed E-state index contributed by atoms with van der Waals surface area (Å²) in [5.41, 5.74) is 0. The first kappa shape index (κ1) is 66.6. The van der Waals surface area contributed by atoms with Crippen molar-refractivity contribution in [2.75, 3.05) is 112 Å². The lowest BCUT2D eigenvalue weighted by atomic mass is 10.0. The van der Waals surface area contributed by atoms with E-state index in [2.05, 4.69) is 6.92 Å². The normalized spacial score (nSPS) is 11.7. The van der Waals surface area contributed by atoms with Gasteiger partial charge in [-0.05, 0) is 6.42 Å². The minimum Gasteiger partial charge on any atom is -0.394 e. The van der Waals surface area contributed by atoms with Crippen LogP contribution >= 0.6 is 0 Å². The summed E-state index contributed by atoms with van der Waals surface area (Å²) in [5.74, 6) is 0. The molecule has 0 atom stereocenters. The maximum Gasteiger partial charge on any atom is 0.0701 e. The highest BCUT2D eigenvalue weighted by molar-refractivity contribution is 4.54. The third kappa shape index (κ3) is 65.6. The van der Waals surface area contributed by atoms with Gasteiger partial charge < -0.3 is 43.0 Å². The summed E-state index contributed by atoms with van der Waals surface area (Å²) < 4.78 is 43.8. The first-order valence-electron chi connectivity index (χ1n) is 29.6. The van der Waals surface area contributed by atoms with E-state index < -0.39 is 0 Å². The van der Waals surface area contributed by atoms with Gasteiger partial charge in [0.25, 0.3) is 0 Å². The number of hydrogen-bond donors (Lipinski definition) is 1. The van der Waals surface area contributed by atoms with Crippen molar-refractivity contribution in [1.29, 1.82) is 0 Å². The molecule has 0 bridgehead atoms. The van der Waals surface area contributed by atoms with Gasteiger partial charge in [-0.2, -0.15) is 0 Å². The standard InChI is InChI=1S/C58H118O9/c1-2-3-4-5-6-7-8-9-10-11-12-13-14-15-16-17-18-19-20-21-22-23-24-25-26-27-28-29-30-31-32-33-34-35-36-37-38-39-40-41-43-60-45-47-62-49-51-64-53-55-66-57-58-67-56-54-65-52-50-63-48-46-61-44-42-59/h59H,2-58H2,1H3. The Labute approximate surface area is 417 Å². The molecule has 0 heterocycles. The van der Waals surface area contributed by atoms with E-state index in [0.717, 1.165) is 13.0 Å². The van der Waals surface area contributed by atoms with Crippen LogP contribution in [0.4, 0.5) is 0 Å². The van der Waals surface area contributed by atoms with E-state index in [1.54, 1.807) is 0 Å². The van der Waals surface area contributed by atoms with Crippen LogP contribution in [-0.4, -0.2) is 117 Å². The smallest absolute Gasteiger partial charge is 0.0701 e. The van der Waals surface area contributed by atoms with Gasteiger partial charge in [-0.25, -0.2) is 0 Å². The topological polar surface area (TPSA) is 94.1 Å². The van der Waals surface area contributed by atoms with Crippen molar-refractivity contribution >= 4 is 0 Å². The molecule has 0 aliphatic carbocycles. The lowest BCUT2D eigenvalue weighted by molar-refractivity contribution is -0.0238. The fraction of sp³-hybridized carbons (Fsp3) is 1.00. The molecule has 0 spiro atoms. The molecule has 0 aliphatic rings. The summed E-state index contributed by atoms with van der Waals surface area (Å²) in [6.45, 7) is 11.2. The van der Waals surface area contributed by atoms with E-state index in [4.69, 9.17) is 43.0 Å². The zero-order chi connectivity index (χ0) is 48.0. The third-order valence-corrected chi connectivity index (χ3v) is 13.0. The Balaban J connectivity index is 3.07. The lowest BCUT2D eigenvalue weighted by Gasteiger charge is -2.08. The van der Waals surface area contributed by atoms with E-state index in [1.807, 2.05) is 0 Å². The van der Waals surface area contributed by atoms with Crippen molar-refractivity contribution in [3.05, 3.63) is 0 Å². The maximum absolute atomic E-state index is 8.62. The molecule has 0 aromatic heterocycles. The van der Waals surface area contributed by atoms with Crippen molar-refractivity contribution in [3.8, 4) is 0 Å². The first-order valence-corrected chi connectivity index (χ1v) is 29.6. The fourth-order valence-corrected chi connectivity index (χ4v) is 8.70. The second kappa shape index (κ2) is 65.6. The maximum atomic E-state index is 8.62. The summed E-state index contributed by atoms with van der Waals surface area (Å²) in [4.78, 5) is 0. The zero-order valence-electron chi connectivity index (χ0n) is 45.0. The number of unbranched alkanes of at least 4 members (excludes halogenated alkanes) is 39. The second-order valence-corrected chi connectivity index (χ2v) is 19.4. The molecule has 1 N–H and O–H groups in total. The summed E-state index contributed by atoms with van der Waals surface area (Å²) in [6.07, 6.45) is 57.9. The molecule has 67 heavy (non-hydrogen) atoms. The second-order valence-electron chi connectivity index (χ2n) is 19.4. The van der Waals surface area contributed by atoms with Crippen LogP contribution in [0.3, 0.4) is 0 Å². The first-order chi connectivity index (χ1) is 33.4. The fourth-order valence-electron chi connectivity index (χ4n) is 8.70. The van der Waals surface area contributed by atoms with Crippen molar-refractivity contribution in [1.82, 2.24) is 0 Å². The van der Waals surface area contributed by atoms with Gasteiger partial charge >= 0.3 is 0 Å². The molecule has 404 valence electrons.